The van der Waals surface area contributed by atoms with Crippen molar-refractivity contribution in [2.45, 2.75) is 25.7 Å². The standard InChI is InChI=1S/C34H42N4O8/c1-43-31(39)27-21-37(25-15-9-7-10-16-25)23-35(29(27)33(41)45-3)19-13-5-6-14-20-36-24-38(26-17-11-8-12-18-26)22-28(32(40)44-2)30(36)34(42)46-4/h7-12,15-18H,5-6,13-14,19-24H2,1-4H3. The first kappa shape index (κ1) is 33.9. The number of esters is 4. The van der Waals surface area contributed by atoms with Crippen LogP contribution in [-0.4, -0.2) is 102 Å². The van der Waals surface area contributed by atoms with Crippen LogP contribution in [-0.2, 0) is 38.1 Å². The predicted molar refractivity (Wildman–Crippen MR) is 171 cm³/mol. The number of unbranched alkanes of at least 4 members (excludes halogenated alkanes) is 3. The third kappa shape index (κ3) is 7.98. The highest BCUT2D eigenvalue weighted by Crippen LogP contribution is 2.28. The maximum Gasteiger partial charge on any atom is 0.355 e. The summed E-state index contributed by atoms with van der Waals surface area (Å²) in [6.07, 6.45) is 3.12. The van der Waals surface area contributed by atoms with Gasteiger partial charge in [-0.15, -0.1) is 0 Å². The van der Waals surface area contributed by atoms with Crippen LogP contribution < -0.4 is 9.80 Å². The number of nitrogens with zero attached hydrogens (tertiary/aromatic N) is 4. The largest absolute Gasteiger partial charge is 0.466 e. The molecule has 0 aromatic heterocycles. The van der Waals surface area contributed by atoms with Crippen molar-refractivity contribution in [3.05, 3.63) is 83.2 Å². The smallest absolute Gasteiger partial charge is 0.355 e. The van der Waals surface area contributed by atoms with Crippen molar-refractivity contribution in [2.24, 2.45) is 0 Å². The van der Waals surface area contributed by atoms with E-state index in [9.17, 15) is 19.2 Å². The van der Waals surface area contributed by atoms with Crippen LogP contribution in [0.5, 0.6) is 0 Å². The Hall–Kier alpha value is -5.00. The van der Waals surface area contributed by atoms with Crippen LogP contribution in [0, 0.1) is 0 Å². The fraction of sp³-hybridized carbons (Fsp3) is 0.412. The number of anilines is 2. The summed E-state index contributed by atoms with van der Waals surface area (Å²) in [6.45, 7) is 2.27. The first-order chi connectivity index (χ1) is 22.3. The van der Waals surface area contributed by atoms with Crippen molar-refractivity contribution in [1.29, 1.82) is 0 Å². The molecule has 2 aromatic carbocycles. The lowest BCUT2D eigenvalue weighted by molar-refractivity contribution is -0.141. The van der Waals surface area contributed by atoms with Crippen molar-refractivity contribution in [1.82, 2.24) is 9.80 Å². The minimum absolute atomic E-state index is 0.219. The third-order valence-electron chi connectivity index (χ3n) is 8.05. The number of benzene rings is 2. The number of hydrogen-bond acceptors (Lipinski definition) is 12. The number of carbonyl (C=O) groups is 4. The van der Waals surface area contributed by atoms with Crippen molar-refractivity contribution in [3.8, 4) is 0 Å². The van der Waals surface area contributed by atoms with Crippen LogP contribution in [0.4, 0.5) is 11.4 Å². The average Bonchev–Trinajstić information content (AvgIpc) is 3.11. The molecule has 2 heterocycles. The summed E-state index contributed by atoms with van der Waals surface area (Å²) in [4.78, 5) is 59.0. The molecule has 0 radical (unpaired) electrons. The summed E-state index contributed by atoms with van der Waals surface area (Å²) in [7, 11) is 5.20. The number of carbonyl (C=O) groups excluding carboxylic acids is 4. The average molecular weight is 635 g/mol. The minimum Gasteiger partial charge on any atom is -0.466 e. The van der Waals surface area contributed by atoms with Gasteiger partial charge in [-0.25, -0.2) is 19.2 Å². The molecule has 0 amide bonds. The second-order valence-electron chi connectivity index (χ2n) is 10.9. The third-order valence-corrected chi connectivity index (χ3v) is 8.05. The van der Waals surface area contributed by atoms with E-state index in [1.54, 1.807) is 0 Å². The van der Waals surface area contributed by atoms with Gasteiger partial charge in [-0.3, -0.25) is 0 Å². The molecule has 2 aliphatic heterocycles. The Morgan fingerprint density at radius 1 is 0.522 bits per heavy atom. The van der Waals surface area contributed by atoms with E-state index in [2.05, 4.69) is 0 Å². The molecule has 0 N–H and O–H groups in total. The van der Waals surface area contributed by atoms with E-state index in [1.165, 1.54) is 28.4 Å². The van der Waals surface area contributed by atoms with E-state index < -0.39 is 23.9 Å². The van der Waals surface area contributed by atoms with Crippen LogP contribution >= 0.6 is 0 Å². The molecular weight excluding hydrogens is 592 g/mol. The Morgan fingerprint density at radius 2 is 0.870 bits per heavy atom. The molecule has 0 atom stereocenters. The van der Waals surface area contributed by atoms with E-state index in [4.69, 9.17) is 18.9 Å². The van der Waals surface area contributed by atoms with Gasteiger partial charge in [-0.2, -0.15) is 0 Å². The second kappa shape index (κ2) is 16.4. The normalized spacial score (nSPS) is 15.1. The van der Waals surface area contributed by atoms with Gasteiger partial charge in [0, 0.05) is 24.5 Å². The van der Waals surface area contributed by atoms with Crippen LogP contribution in [0.2, 0.25) is 0 Å². The zero-order valence-corrected chi connectivity index (χ0v) is 26.9. The van der Waals surface area contributed by atoms with Crippen molar-refractivity contribution >= 4 is 35.3 Å². The number of rotatable bonds is 13. The van der Waals surface area contributed by atoms with E-state index in [0.717, 1.165) is 37.1 Å². The summed E-state index contributed by atoms with van der Waals surface area (Å²) < 4.78 is 20.2. The fourth-order valence-corrected chi connectivity index (χ4v) is 5.78. The van der Waals surface area contributed by atoms with Crippen LogP contribution in [0.25, 0.3) is 0 Å². The molecule has 0 spiro atoms. The van der Waals surface area contributed by atoms with Gasteiger partial charge in [0.1, 0.15) is 11.4 Å². The van der Waals surface area contributed by atoms with Crippen molar-refractivity contribution < 1.29 is 38.1 Å². The first-order valence-corrected chi connectivity index (χ1v) is 15.2. The van der Waals surface area contributed by atoms with Gasteiger partial charge in [0.05, 0.1) is 66.0 Å². The number of hydrogen-bond donors (Lipinski definition) is 0. The van der Waals surface area contributed by atoms with E-state index in [-0.39, 0.29) is 35.6 Å². The number of ether oxygens (including phenoxy) is 4. The summed E-state index contributed by atoms with van der Waals surface area (Å²) in [6, 6.07) is 19.4. The topological polar surface area (TPSA) is 118 Å². The molecule has 2 aliphatic rings. The van der Waals surface area contributed by atoms with E-state index in [0.29, 0.717) is 26.4 Å². The van der Waals surface area contributed by atoms with Gasteiger partial charge in [-0.05, 0) is 37.1 Å². The Labute approximate surface area is 269 Å². The maximum absolute atomic E-state index is 12.9. The quantitative estimate of drug-likeness (QED) is 0.183. The van der Waals surface area contributed by atoms with Gasteiger partial charge >= 0.3 is 23.9 Å². The van der Waals surface area contributed by atoms with Gasteiger partial charge in [-0.1, -0.05) is 49.2 Å². The van der Waals surface area contributed by atoms with Crippen molar-refractivity contribution in [3.63, 3.8) is 0 Å². The molecule has 0 saturated heterocycles. The summed E-state index contributed by atoms with van der Waals surface area (Å²) >= 11 is 0. The Morgan fingerprint density at radius 3 is 1.20 bits per heavy atom. The zero-order chi connectivity index (χ0) is 33.1. The van der Waals surface area contributed by atoms with Crippen molar-refractivity contribution in [2.75, 3.05) is 77.8 Å². The SMILES string of the molecule is COC(=O)C1=C(C(=O)OC)N(CCCCCCN2CN(c3ccccc3)CC(C(=O)OC)=C2C(=O)OC)CN(c2ccccc2)C1. The molecule has 0 unspecified atom stereocenters. The lowest BCUT2D eigenvalue weighted by atomic mass is 10.1. The molecular formula is C34H42N4O8. The Bertz CT molecular complexity index is 1330. The zero-order valence-electron chi connectivity index (χ0n) is 26.9. The van der Waals surface area contributed by atoms with Crippen LogP contribution in [0.15, 0.2) is 83.2 Å². The van der Waals surface area contributed by atoms with E-state index in [1.807, 2.05) is 80.3 Å². The maximum atomic E-state index is 12.9. The molecule has 4 rings (SSSR count). The summed E-state index contributed by atoms with van der Waals surface area (Å²) in [5, 5.41) is 0. The molecule has 12 heteroatoms. The molecule has 46 heavy (non-hydrogen) atoms. The highest BCUT2D eigenvalue weighted by molar-refractivity contribution is 6.02. The predicted octanol–water partition coefficient (Wildman–Crippen LogP) is 3.31. The summed E-state index contributed by atoms with van der Waals surface area (Å²) in [5.41, 5.74) is 2.79. The Balaban J connectivity index is 1.44. The molecule has 0 fully saturated rings. The molecule has 12 nitrogen and oxygen atoms in total. The molecule has 2 aromatic rings. The first-order valence-electron chi connectivity index (χ1n) is 15.2. The fourth-order valence-electron chi connectivity index (χ4n) is 5.78. The molecule has 246 valence electrons. The molecule has 0 bridgehead atoms. The van der Waals surface area contributed by atoms with Gasteiger partial charge in [0.2, 0.25) is 0 Å². The summed E-state index contributed by atoms with van der Waals surface area (Å²) in [5.74, 6) is -2.30. The van der Waals surface area contributed by atoms with Gasteiger partial charge in [0.25, 0.3) is 0 Å². The lowest BCUT2D eigenvalue weighted by Crippen LogP contribution is -2.48. The minimum atomic E-state index is -0.579. The van der Waals surface area contributed by atoms with Crippen LogP contribution in [0.1, 0.15) is 25.7 Å². The highest BCUT2D eigenvalue weighted by atomic mass is 16.5. The van der Waals surface area contributed by atoms with Gasteiger partial charge in [0.15, 0.2) is 0 Å². The number of methoxy groups -OCH3 is 4. The van der Waals surface area contributed by atoms with E-state index >= 15 is 0 Å². The second-order valence-corrected chi connectivity index (χ2v) is 10.9. The monoisotopic (exact) mass is 634 g/mol. The lowest BCUT2D eigenvalue weighted by Gasteiger charge is -2.39. The van der Waals surface area contributed by atoms with Crippen LogP contribution in [0.3, 0.4) is 0 Å². The van der Waals surface area contributed by atoms with Gasteiger partial charge < -0.3 is 38.5 Å². The highest BCUT2D eigenvalue weighted by Gasteiger charge is 2.35. The molecule has 0 saturated carbocycles. The Kier molecular flexibility index (Phi) is 12.0. The molecule has 0 aliphatic carbocycles. The number of para-hydroxylation sites is 2.